The van der Waals surface area contributed by atoms with Crippen molar-refractivity contribution in [3.8, 4) is 0 Å². The molecular weight excluding hydrogens is 192 g/mol. The SMILES string of the molecule is COC(=O)/C=C/[C@@H]1OC1c1ccccc1. The molecule has 0 N–H and O–H groups in total. The second-order valence-electron chi connectivity index (χ2n) is 3.31. The van der Waals surface area contributed by atoms with Crippen molar-refractivity contribution < 1.29 is 14.3 Å². The molecule has 2 rings (SSSR count). The highest BCUT2D eigenvalue weighted by Crippen LogP contribution is 2.39. The number of ether oxygens (including phenoxy) is 2. The third-order valence-corrected chi connectivity index (χ3v) is 2.28. The van der Waals surface area contributed by atoms with Gasteiger partial charge in [0.1, 0.15) is 12.2 Å². The number of methoxy groups -OCH3 is 1. The molecule has 0 radical (unpaired) electrons. The van der Waals surface area contributed by atoms with Gasteiger partial charge in [-0.25, -0.2) is 4.79 Å². The van der Waals surface area contributed by atoms with Gasteiger partial charge in [-0.05, 0) is 11.6 Å². The first-order valence-corrected chi connectivity index (χ1v) is 4.78. The first-order valence-electron chi connectivity index (χ1n) is 4.78. The molecule has 1 aliphatic heterocycles. The highest BCUT2D eigenvalue weighted by atomic mass is 16.6. The molecule has 78 valence electrons. The van der Waals surface area contributed by atoms with E-state index in [4.69, 9.17) is 4.74 Å². The van der Waals surface area contributed by atoms with Crippen LogP contribution in [0.5, 0.6) is 0 Å². The van der Waals surface area contributed by atoms with Crippen LogP contribution < -0.4 is 0 Å². The average molecular weight is 204 g/mol. The number of epoxide rings is 1. The smallest absolute Gasteiger partial charge is 0.330 e. The third kappa shape index (κ3) is 2.44. The van der Waals surface area contributed by atoms with Gasteiger partial charge in [0.05, 0.1) is 7.11 Å². The van der Waals surface area contributed by atoms with Crippen molar-refractivity contribution in [2.75, 3.05) is 7.11 Å². The van der Waals surface area contributed by atoms with Crippen molar-refractivity contribution in [1.82, 2.24) is 0 Å². The van der Waals surface area contributed by atoms with Gasteiger partial charge < -0.3 is 9.47 Å². The number of rotatable bonds is 3. The number of esters is 1. The fourth-order valence-corrected chi connectivity index (χ4v) is 1.42. The number of hydrogen-bond donors (Lipinski definition) is 0. The summed E-state index contributed by atoms with van der Waals surface area (Å²) in [6.45, 7) is 0. The van der Waals surface area contributed by atoms with Crippen molar-refractivity contribution in [1.29, 1.82) is 0 Å². The minimum absolute atomic E-state index is 0.00602. The number of carbonyl (C=O) groups is 1. The van der Waals surface area contributed by atoms with Crippen LogP contribution in [0.15, 0.2) is 42.5 Å². The molecule has 0 saturated carbocycles. The lowest BCUT2D eigenvalue weighted by Crippen LogP contribution is -1.95. The first kappa shape index (κ1) is 9.93. The summed E-state index contributed by atoms with van der Waals surface area (Å²) in [5.74, 6) is -0.350. The molecule has 3 heteroatoms. The lowest BCUT2D eigenvalue weighted by molar-refractivity contribution is -0.134. The first-order chi connectivity index (χ1) is 7.31. The Kier molecular flexibility index (Phi) is 2.83. The zero-order valence-corrected chi connectivity index (χ0v) is 8.42. The van der Waals surface area contributed by atoms with Gasteiger partial charge in [0.25, 0.3) is 0 Å². The molecular formula is C12H12O3. The lowest BCUT2D eigenvalue weighted by Gasteiger charge is -1.92. The summed E-state index contributed by atoms with van der Waals surface area (Å²) in [4.78, 5) is 10.8. The van der Waals surface area contributed by atoms with Gasteiger partial charge in [-0.1, -0.05) is 30.3 Å². The fourth-order valence-electron chi connectivity index (χ4n) is 1.42. The molecule has 2 atom stereocenters. The molecule has 0 aromatic heterocycles. The van der Waals surface area contributed by atoms with Gasteiger partial charge in [0, 0.05) is 6.08 Å². The molecule has 0 aliphatic carbocycles. The van der Waals surface area contributed by atoms with E-state index in [0.717, 1.165) is 5.56 Å². The summed E-state index contributed by atoms with van der Waals surface area (Å²) >= 11 is 0. The van der Waals surface area contributed by atoms with Gasteiger partial charge in [-0.15, -0.1) is 0 Å². The standard InChI is InChI=1S/C12H12O3/c1-14-11(13)8-7-10-12(15-10)9-5-3-2-4-6-9/h2-8,10,12H,1H3/b8-7+/t10-,12?/m0/s1. The van der Waals surface area contributed by atoms with Gasteiger partial charge in [-0.3, -0.25) is 0 Å². The van der Waals surface area contributed by atoms with Gasteiger partial charge in [-0.2, -0.15) is 0 Å². The Morgan fingerprint density at radius 2 is 2.13 bits per heavy atom. The Morgan fingerprint density at radius 3 is 2.80 bits per heavy atom. The summed E-state index contributed by atoms with van der Waals surface area (Å²) < 4.78 is 9.89. The highest BCUT2D eigenvalue weighted by molar-refractivity contribution is 5.81. The van der Waals surface area contributed by atoms with Gasteiger partial charge in [0.2, 0.25) is 0 Å². The number of benzene rings is 1. The van der Waals surface area contributed by atoms with Crippen LogP contribution in [0, 0.1) is 0 Å². The minimum atomic E-state index is -0.350. The van der Waals surface area contributed by atoms with E-state index < -0.39 is 0 Å². The Balaban J connectivity index is 1.92. The predicted molar refractivity (Wildman–Crippen MR) is 55.2 cm³/mol. The maximum absolute atomic E-state index is 10.8. The lowest BCUT2D eigenvalue weighted by atomic mass is 10.1. The molecule has 0 amide bonds. The molecule has 1 saturated heterocycles. The van der Waals surface area contributed by atoms with Crippen LogP contribution in [0.4, 0.5) is 0 Å². The largest absolute Gasteiger partial charge is 0.466 e. The maximum Gasteiger partial charge on any atom is 0.330 e. The molecule has 1 aliphatic rings. The van der Waals surface area contributed by atoms with Gasteiger partial charge in [0.15, 0.2) is 0 Å². The van der Waals surface area contributed by atoms with E-state index in [1.807, 2.05) is 30.3 Å². The summed E-state index contributed by atoms with van der Waals surface area (Å²) in [6.07, 6.45) is 3.22. The normalized spacial score (nSPS) is 24.1. The molecule has 1 fully saturated rings. The molecule has 1 aromatic rings. The number of hydrogen-bond acceptors (Lipinski definition) is 3. The van der Waals surface area contributed by atoms with E-state index in [9.17, 15) is 4.79 Å². The molecule has 0 bridgehead atoms. The Hall–Kier alpha value is -1.61. The predicted octanol–water partition coefficient (Wildman–Crippen LogP) is 1.86. The van der Waals surface area contributed by atoms with E-state index in [0.29, 0.717) is 0 Å². The van der Waals surface area contributed by atoms with Crippen LogP contribution in [-0.2, 0) is 14.3 Å². The molecule has 0 spiro atoms. The van der Waals surface area contributed by atoms with Crippen molar-refractivity contribution in [3.05, 3.63) is 48.0 Å². The maximum atomic E-state index is 10.8. The quantitative estimate of drug-likeness (QED) is 0.428. The van der Waals surface area contributed by atoms with E-state index in [1.165, 1.54) is 13.2 Å². The van der Waals surface area contributed by atoms with Crippen LogP contribution in [0.3, 0.4) is 0 Å². The van der Waals surface area contributed by atoms with Crippen molar-refractivity contribution >= 4 is 5.97 Å². The second kappa shape index (κ2) is 4.28. The van der Waals surface area contributed by atoms with Crippen molar-refractivity contribution in [3.63, 3.8) is 0 Å². The highest BCUT2D eigenvalue weighted by Gasteiger charge is 2.37. The fraction of sp³-hybridized carbons (Fsp3) is 0.250. The van der Waals surface area contributed by atoms with E-state index in [-0.39, 0.29) is 18.2 Å². The van der Waals surface area contributed by atoms with Crippen LogP contribution in [0.1, 0.15) is 11.7 Å². The van der Waals surface area contributed by atoms with E-state index in [1.54, 1.807) is 6.08 Å². The Morgan fingerprint density at radius 1 is 1.40 bits per heavy atom. The van der Waals surface area contributed by atoms with Crippen molar-refractivity contribution in [2.45, 2.75) is 12.2 Å². The zero-order valence-electron chi connectivity index (χ0n) is 8.42. The molecule has 3 nitrogen and oxygen atoms in total. The van der Waals surface area contributed by atoms with E-state index in [2.05, 4.69) is 4.74 Å². The third-order valence-electron chi connectivity index (χ3n) is 2.28. The van der Waals surface area contributed by atoms with Crippen molar-refractivity contribution in [2.24, 2.45) is 0 Å². The average Bonchev–Trinajstić information content (AvgIpc) is 3.06. The second-order valence-corrected chi connectivity index (χ2v) is 3.31. The van der Waals surface area contributed by atoms with Crippen LogP contribution in [0.2, 0.25) is 0 Å². The topological polar surface area (TPSA) is 38.8 Å². The summed E-state index contributed by atoms with van der Waals surface area (Å²) in [6, 6.07) is 9.93. The molecule has 1 aromatic carbocycles. The summed E-state index contributed by atoms with van der Waals surface area (Å²) in [5, 5.41) is 0. The summed E-state index contributed by atoms with van der Waals surface area (Å²) in [7, 11) is 1.36. The monoisotopic (exact) mass is 204 g/mol. The van der Waals surface area contributed by atoms with Crippen LogP contribution >= 0.6 is 0 Å². The van der Waals surface area contributed by atoms with Crippen LogP contribution in [0.25, 0.3) is 0 Å². The minimum Gasteiger partial charge on any atom is -0.466 e. The zero-order chi connectivity index (χ0) is 10.7. The van der Waals surface area contributed by atoms with Crippen LogP contribution in [-0.4, -0.2) is 19.2 Å². The number of carbonyl (C=O) groups excluding carboxylic acids is 1. The Bertz CT molecular complexity index is 370. The summed E-state index contributed by atoms with van der Waals surface area (Å²) in [5.41, 5.74) is 1.14. The van der Waals surface area contributed by atoms with E-state index >= 15 is 0 Å². The molecule has 15 heavy (non-hydrogen) atoms. The Labute approximate surface area is 88.3 Å². The molecule has 1 unspecified atom stereocenters. The van der Waals surface area contributed by atoms with Gasteiger partial charge >= 0.3 is 5.97 Å². The molecule has 1 heterocycles.